The molecule has 1 atom stereocenters. The summed E-state index contributed by atoms with van der Waals surface area (Å²) in [5.74, 6) is 0.729. The first-order chi connectivity index (χ1) is 9.56. The lowest BCUT2D eigenvalue weighted by Gasteiger charge is -2.24. The van der Waals surface area contributed by atoms with E-state index in [1.807, 2.05) is 0 Å². The van der Waals surface area contributed by atoms with Crippen LogP contribution in [0.2, 0.25) is 0 Å². The van der Waals surface area contributed by atoms with Crippen LogP contribution in [0.4, 0.5) is 5.69 Å². The van der Waals surface area contributed by atoms with Crippen LogP contribution in [0.25, 0.3) is 0 Å². The molecule has 3 heteroatoms. The highest BCUT2D eigenvalue weighted by Crippen LogP contribution is 2.26. The second-order valence-electron chi connectivity index (χ2n) is 6.60. The van der Waals surface area contributed by atoms with Gasteiger partial charge in [-0.15, -0.1) is 0 Å². The van der Waals surface area contributed by atoms with Crippen LogP contribution in [0.1, 0.15) is 31.4 Å². The fraction of sp³-hybridized carbons (Fsp3) is 0.647. The molecule has 0 saturated heterocycles. The smallest absolute Gasteiger partial charge is 0.0419 e. The molecule has 1 unspecified atom stereocenters. The summed E-state index contributed by atoms with van der Waals surface area (Å²) in [7, 11) is 4.30. The van der Waals surface area contributed by atoms with Gasteiger partial charge < -0.3 is 15.5 Å². The largest absolute Gasteiger partial charge is 0.384 e. The van der Waals surface area contributed by atoms with Crippen molar-refractivity contribution in [3.63, 3.8) is 0 Å². The van der Waals surface area contributed by atoms with Crippen LogP contribution < -0.4 is 10.6 Å². The van der Waals surface area contributed by atoms with Crippen LogP contribution in [0, 0.1) is 5.92 Å². The topological polar surface area (TPSA) is 27.3 Å². The molecule has 1 aromatic rings. The summed E-state index contributed by atoms with van der Waals surface area (Å²) in [5, 5.41) is 7.27. The Kier molecular flexibility index (Phi) is 5.44. The van der Waals surface area contributed by atoms with Gasteiger partial charge in [0.25, 0.3) is 0 Å². The first-order valence-electron chi connectivity index (χ1n) is 7.79. The van der Waals surface area contributed by atoms with E-state index in [1.165, 1.54) is 23.2 Å². The van der Waals surface area contributed by atoms with Gasteiger partial charge in [0.2, 0.25) is 0 Å². The highest BCUT2D eigenvalue weighted by molar-refractivity contribution is 5.61. The van der Waals surface area contributed by atoms with Gasteiger partial charge in [-0.25, -0.2) is 0 Å². The Balaban J connectivity index is 1.96. The Bertz CT molecular complexity index is 416. The van der Waals surface area contributed by atoms with Crippen molar-refractivity contribution in [2.75, 3.05) is 32.5 Å². The molecule has 0 radical (unpaired) electrons. The molecule has 2 N–H and O–H groups in total. The summed E-state index contributed by atoms with van der Waals surface area (Å²) in [6.07, 6.45) is 2.39. The van der Waals surface area contributed by atoms with Gasteiger partial charge in [0.05, 0.1) is 0 Å². The number of nitrogens with one attached hydrogen (secondary N) is 2. The number of nitrogens with zero attached hydrogens (tertiary/aromatic N) is 1. The molecule has 0 spiro atoms. The number of hydrogen-bond donors (Lipinski definition) is 2. The van der Waals surface area contributed by atoms with Gasteiger partial charge in [-0.05, 0) is 44.0 Å². The van der Waals surface area contributed by atoms with E-state index in [0.29, 0.717) is 6.04 Å². The van der Waals surface area contributed by atoms with Gasteiger partial charge in [-0.3, -0.25) is 0 Å². The molecule has 0 aromatic heterocycles. The van der Waals surface area contributed by atoms with Crippen LogP contribution in [0.15, 0.2) is 18.2 Å². The summed E-state index contributed by atoms with van der Waals surface area (Å²) >= 11 is 0. The van der Waals surface area contributed by atoms with Crippen LogP contribution in [0.3, 0.4) is 0 Å². The molecule has 2 rings (SSSR count). The Morgan fingerprint density at radius 1 is 1.30 bits per heavy atom. The summed E-state index contributed by atoms with van der Waals surface area (Å²) in [6.45, 7) is 7.74. The monoisotopic (exact) mass is 275 g/mol. The van der Waals surface area contributed by atoms with E-state index in [2.05, 4.69) is 61.7 Å². The van der Waals surface area contributed by atoms with Crippen molar-refractivity contribution in [3.05, 3.63) is 29.3 Å². The number of hydrogen-bond acceptors (Lipinski definition) is 3. The van der Waals surface area contributed by atoms with Crippen molar-refractivity contribution in [2.45, 2.75) is 39.3 Å². The predicted octanol–water partition coefficient (Wildman–Crippen LogP) is 2.72. The summed E-state index contributed by atoms with van der Waals surface area (Å²) < 4.78 is 0. The molecule has 0 saturated carbocycles. The van der Waals surface area contributed by atoms with Gasteiger partial charge >= 0.3 is 0 Å². The van der Waals surface area contributed by atoms with E-state index in [1.54, 1.807) is 0 Å². The quantitative estimate of drug-likeness (QED) is 0.801. The van der Waals surface area contributed by atoms with Crippen LogP contribution in [0.5, 0.6) is 0 Å². The Morgan fingerprint density at radius 3 is 2.80 bits per heavy atom. The molecule has 20 heavy (non-hydrogen) atoms. The third-order valence-corrected chi connectivity index (χ3v) is 3.86. The second kappa shape index (κ2) is 7.09. The van der Waals surface area contributed by atoms with Crippen molar-refractivity contribution in [2.24, 2.45) is 5.92 Å². The molecule has 3 nitrogen and oxygen atoms in total. The van der Waals surface area contributed by atoms with E-state index in [-0.39, 0.29) is 0 Å². The van der Waals surface area contributed by atoms with Crippen LogP contribution in [-0.4, -0.2) is 38.1 Å². The van der Waals surface area contributed by atoms with Crippen molar-refractivity contribution < 1.29 is 0 Å². The number of benzene rings is 1. The zero-order valence-electron chi connectivity index (χ0n) is 13.4. The molecule has 1 aliphatic rings. The van der Waals surface area contributed by atoms with Gasteiger partial charge in [-0.2, -0.15) is 0 Å². The molecule has 1 heterocycles. The minimum atomic E-state index is 0.558. The maximum atomic E-state index is 3.75. The second-order valence-corrected chi connectivity index (χ2v) is 6.60. The van der Waals surface area contributed by atoms with E-state index in [0.717, 1.165) is 32.0 Å². The zero-order valence-corrected chi connectivity index (χ0v) is 13.4. The van der Waals surface area contributed by atoms with E-state index < -0.39 is 0 Å². The third kappa shape index (κ3) is 4.22. The molecule has 0 amide bonds. The van der Waals surface area contributed by atoms with Crippen LogP contribution in [-0.2, 0) is 13.0 Å². The zero-order chi connectivity index (χ0) is 14.5. The molecule has 0 bridgehead atoms. The SMILES string of the molecule is CC(C)CC(CN(C)C)NCc1cccc2c1NCC2. The fourth-order valence-corrected chi connectivity index (χ4v) is 3.04. The van der Waals surface area contributed by atoms with Gasteiger partial charge in [0.15, 0.2) is 0 Å². The number of para-hydroxylation sites is 1. The average Bonchev–Trinajstić information content (AvgIpc) is 2.83. The fourth-order valence-electron chi connectivity index (χ4n) is 3.04. The number of rotatable bonds is 7. The predicted molar refractivity (Wildman–Crippen MR) is 87.3 cm³/mol. The van der Waals surface area contributed by atoms with Crippen molar-refractivity contribution in [3.8, 4) is 0 Å². The lowest BCUT2D eigenvalue weighted by molar-refractivity contribution is 0.305. The van der Waals surface area contributed by atoms with Crippen LogP contribution >= 0.6 is 0 Å². The molecule has 0 fully saturated rings. The molecular weight excluding hydrogens is 246 g/mol. The Labute approximate surface area is 123 Å². The standard InChI is InChI=1S/C17H29N3/c1-13(2)10-16(12-20(3)4)19-11-15-7-5-6-14-8-9-18-17(14)15/h5-7,13,16,18-19H,8-12H2,1-4H3. The third-order valence-electron chi connectivity index (χ3n) is 3.86. The molecule has 0 aliphatic carbocycles. The molecule has 1 aliphatic heterocycles. The highest BCUT2D eigenvalue weighted by Gasteiger charge is 2.16. The summed E-state index contributed by atoms with van der Waals surface area (Å²) in [6, 6.07) is 7.23. The average molecular weight is 275 g/mol. The molecular formula is C17H29N3. The lowest BCUT2D eigenvalue weighted by atomic mass is 10.0. The summed E-state index contributed by atoms with van der Waals surface area (Å²) in [5.41, 5.74) is 4.25. The van der Waals surface area contributed by atoms with Crippen molar-refractivity contribution in [1.82, 2.24) is 10.2 Å². The number of likely N-dealkylation sites (N-methyl/N-ethyl adjacent to an activating group) is 1. The van der Waals surface area contributed by atoms with Gasteiger partial charge in [-0.1, -0.05) is 32.0 Å². The Morgan fingerprint density at radius 2 is 2.10 bits per heavy atom. The molecule has 1 aromatic carbocycles. The maximum absolute atomic E-state index is 3.75. The number of anilines is 1. The van der Waals surface area contributed by atoms with Crippen molar-refractivity contribution >= 4 is 5.69 Å². The lowest BCUT2D eigenvalue weighted by Crippen LogP contribution is -2.38. The first-order valence-corrected chi connectivity index (χ1v) is 7.79. The normalized spacial score (nSPS) is 15.5. The maximum Gasteiger partial charge on any atom is 0.0419 e. The van der Waals surface area contributed by atoms with Gasteiger partial charge in [0, 0.05) is 31.4 Å². The molecule has 112 valence electrons. The van der Waals surface area contributed by atoms with E-state index in [4.69, 9.17) is 0 Å². The first kappa shape index (κ1) is 15.3. The summed E-state index contributed by atoms with van der Waals surface area (Å²) in [4.78, 5) is 2.27. The van der Waals surface area contributed by atoms with Crippen molar-refractivity contribution in [1.29, 1.82) is 0 Å². The Hall–Kier alpha value is -1.06. The van der Waals surface area contributed by atoms with E-state index in [9.17, 15) is 0 Å². The number of fused-ring (bicyclic) bond motifs is 1. The highest BCUT2D eigenvalue weighted by atomic mass is 15.1. The van der Waals surface area contributed by atoms with Gasteiger partial charge in [0.1, 0.15) is 0 Å². The minimum absolute atomic E-state index is 0.558. The van der Waals surface area contributed by atoms with E-state index >= 15 is 0 Å². The minimum Gasteiger partial charge on any atom is -0.384 e.